The molecule has 33 heavy (non-hydrogen) atoms. The summed E-state index contributed by atoms with van der Waals surface area (Å²) in [6.07, 6.45) is 9.92. The lowest BCUT2D eigenvalue weighted by Gasteiger charge is -2.31. The third kappa shape index (κ3) is 7.31. The first kappa shape index (κ1) is 23.8. The van der Waals surface area contributed by atoms with Crippen molar-refractivity contribution in [1.29, 1.82) is 0 Å². The molecule has 1 saturated heterocycles. The maximum atomic E-state index is 5.44. The van der Waals surface area contributed by atoms with Gasteiger partial charge < -0.3 is 25.4 Å². The predicted molar refractivity (Wildman–Crippen MR) is 129 cm³/mol. The second-order valence-corrected chi connectivity index (χ2v) is 9.23. The van der Waals surface area contributed by atoms with Crippen LogP contribution in [0, 0.1) is 5.92 Å². The maximum absolute atomic E-state index is 5.44. The van der Waals surface area contributed by atoms with E-state index in [9.17, 15) is 0 Å². The van der Waals surface area contributed by atoms with Gasteiger partial charge in [0.25, 0.3) is 0 Å². The molecule has 0 aromatic carbocycles. The molecule has 2 aliphatic rings. The number of nitrogens with zero attached hydrogens (tertiary/aromatic N) is 4. The Balaban J connectivity index is 1.30. The highest BCUT2D eigenvalue weighted by Gasteiger charge is 2.22. The van der Waals surface area contributed by atoms with Crippen LogP contribution in [0.15, 0.2) is 24.8 Å². The summed E-state index contributed by atoms with van der Waals surface area (Å²) in [5, 5.41) is 10.7. The number of methoxy groups -OCH3 is 1. The minimum atomic E-state index is 0.387. The van der Waals surface area contributed by atoms with Gasteiger partial charge in [-0.05, 0) is 51.4 Å². The van der Waals surface area contributed by atoms with Gasteiger partial charge in [0, 0.05) is 57.1 Å². The van der Waals surface area contributed by atoms with Gasteiger partial charge in [-0.15, -0.1) is 0 Å². The van der Waals surface area contributed by atoms with E-state index in [2.05, 4.69) is 42.8 Å². The average Bonchev–Trinajstić information content (AvgIpc) is 2.85. The Morgan fingerprint density at radius 3 is 2.24 bits per heavy atom. The first-order valence-electron chi connectivity index (χ1n) is 12.2. The van der Waals surface area contributed by atoms with Crippen molar-refractivity contribution in [2.24, 2.45) is 5.92 Å². The van der Waals surface area contributed by atoms with E-state index in [0.717, 1.165) is 87.9 Å². The van der Waals surface area contributed by atoms with Crippen molar-refractivity contribution < 1.29 is 9.47 Å². The number of aromatic nitrogens is 4. The molecule has 1 aliphatic heterocycles. The number of rotatable bonds is 10. The molecule has 0 bridgehead atoms. The summed E-state index contributed by atoms with van der Waals surface area (Å²) in [6, 6.07) is 5.31. The molecule has 1 unspecified atom stereocenters. The zero-order valence-electron chi connectivity index (χ0n) is 19.8. The Hall–Kier alpha value is -2.36. The molecule has 1 atom stereocenters. The zero-order valence-corrected chi connectivity index (χ0v) is 19.8. The van der Waals surface area contributed by atoms with E-state index in [0.29, 0.717) is 24.0 Å². The minimum Gasteiger partial charge on any atom is -0.383 e. The highest BCUT2D eigenvalue weighted by Crippen LogP contribution is 2.24. The number of nitrogens with one attached hydrogen (secondary N) is 3. The zero-order chi connectivity index (χ0) is 22.9. The van der Waals surface area contributed by atoms with Crippen LogP contribution >= 0.6 is 0 Å². The Morgan fingerprint density at radius 2 is 1.55 bits per heavy atom. The fraction of sp³-hybridized carbons (Fsp3) is 0.667. The summed E-state index contributed by atoms with van der Waals surface area (Å²) >= 11 is 0. The van der Waals surface area contributed by atoms with Crippen LogP contribution in [0.5, 0.6) is 0 Å². The maximum Gasteiger partial charge on any atom is 0.130 e. The molecule has 0 amide bonds. The van der Waals surface area contributed by atoms with E-state index in [4.69, 9.17) is 9.47 Å². The molecule has 4 rings (SSSR count). The Morgan fingerprint density at radius 1 is 0.909 bits per heavy atom. The van der Waals surface area contributed by atoms with Crippen LogP contribution in [0.25, 0.3) is 11.4 Å². The van der Waals surface area contributed by atoms with E-state index in [1.165, 1.54) is 0 Å². The summed E-state index contributed by atoms with van der Waals surface area (Å²) in [6.45, 7) is 5.53. The smallest absolute Gasteiger partial charge is 0.130 e. The quantitative estimate of drug-likeness (QED) is 0.498. The number of hydrogen-bond acceptors (Lipinski definition) is 9. The summed E-state index contributed by atoms with van der Waals surface area (Å²) < 4.78 is 10.7. The third-order valence-corrected chi connectivity index (χ3v) is 6.53. The van der Waals surface area contributed by atoms with Gasteiger partial charge in [-0.3, -0.25) is 0 Å². The molecule has 9 nitrogen and oxygen atoms in total. The van der Waals surface area contributed by atoms with Crippen LogP contribution < -0.4 is 16.0 Å². The first-order chi connectivity index (χ1) is 16.2. The summed E-state index contributed by atoms with van der Waals surface area (Å²) in [5.41, 5.74) is 1.60. The monoisotopic (exact) mass is 455 g/mol. The molecule has 1 saturated carbocycles. The topological polar surface area (TPSA) is 106 Å². The number of ether oxygens (including phenoxy) is 2. The van der Waals surface area contributed by atoms with E-state index in [-0.39, 0.29) is 0 Å². The fourth-order valence-corrected chi connectivity index (χ4v) is 4.68. The van der Waals surface area contributed by atoms with E-state index in [1.54, 1.807) is 19.8 Å². The summed E-state index contributed by atoms with van der Waals surface area (Å²) in [4.78, 5) is 17.7. The van der Waals surface area contributed by atoms with Crippen molar-refractivity contribution in [2.45, 2.75) is 63.6 Å². The van der Waals surface area contributed by atoms with Crippen molar-refractivity contribution in [3.8, 4) is 11.4 Å². The van der Waals surface area contributed by atoms with Crippen LogP contribution in [-0.2, 0) is 9.47 Å². The molecule has 2 aromatic rings. The highest BCUT2D eigenvalue weighted by molar-refractivity contribution is 5.61. The van der Waals surface area contributed by atoms with Gasteiger partial charge in [0.05, 0.1) is 18.0 Å². The lowest BCUT2D eigenvalue weighted by Crippen LogP contribution is -2.42. The van der Waals surface area contributed by atoms with Crippen LogP contribution in [0.1, 0.15) is 45.4 Å². The van der Waals surface area contributed by atoms with E-state index < -0.39 is 0 Å². The molecule has 180 valence electrons. The van der Waals surface area contributed by atoms with Crippen LogP contribution in [0.2, 0.25) is 0 Å². The molecule has 2 fully saturated rings. The number of hydrogen-bond donors (Lipinski definition) is 3. The second kappa shape index (κ2) is 12.2. The Labute approximate surface area is 196 Å². The molecular weight excluding hydrogens is 418 g/mol. The van der Waals surface area contributed by atoms with Crippen molar-refractivity contribution in [2.75, 3.05) is 44.1 Å². The standard InChI is InChI=1S/C24H37N7O2/c1-17(14-32-2)30-19-3-5-20(6-4-19)31-24-12-22(27-16-29-24)21-11-23(28-15-26-21)25-13-18-7-9-33-10-8-18/h11-12,15-20,30H,3-10,13-14H2,1-2H3,(H,25,26,28)(H,27,29,31). The normalized spacial score (nSPS) is 22.6. The fourth-order valence-electron chi connectivity index (χ4n) is 4.68. The van der Waals surface area contributed by atoms with Gasteiger partial charge in [0.1, 0.15) is 24.3 Å². The molecule has 0 spiro atoms. The lowest BCUT2D eigenvalue weighted by atomic mass is 9.90. The first-order valence-corrected chi connectivity index (χ1v) is 12.2. The van der Waals surface area contributed by atoms with E-state index in [1.807, 2.05) is 12.1 Å². The largest absolute Gasteiger partial charge is 0.383 e. The van der Waals surface area contributed by atoms with Crippen LogP contribution in [0.3, 0.4) is 0 Å². The Bertz CT molecular complexity index is 854. The molecule has 9 heteroatoms. The molecule has 0 radical (unpaired) electrons. The summed E-state index contributed by atoms with van der Waals surface area (Å²) in [7, 11) is 1.75. The van der Waals surface area contributed by atoms with Crippen LogP contribution in [0.4, 0.5) is 11.6 Å². The van der Waals surface area contributed by atoms with Gasteiger partial charge in [-0.2, -0.15) is 0 Å². The second-order valence-electron chi connectivity index (χ2n) is 9.23. The van der Waals surface area contributed by atoms with Gasteiger partial charge in [-0.25, -0.2) is 19.9 Å². The average molecular weight is 456 g/mol. The van der Waals surface area contributed by atoms with Crippen molar-refractivity contribution in [1.82, 2.24) is 25.3 Å². The van der Waals surface area contributed by atoms with Gasteiger partial charge in [-0.1, -0.05) is 0 Å². The molecule has 2 aromatic heterocycles. The van der Waals surface area contributed by atoms with Gasteiger partial charge >= 0.3 is 0 Å². The molecule has 3 heterocycles. The highest BCUT2D eigenvalue weighted by atomic mass is 16.5. The molecule has 3 N–H and O–H groups in total. The van der Waals surface area contributed by atoms with Crippen molar-refractivity contribution in [3.05, 3.63) is 24.8 Å². The van der Waals surface area contributed by atoms with Crippen molar-refractivity contribution in [3.63, 3.8) is 0 Å². The van der Waals surface area contributed by atoms with Gasteiger partial charge in [0.15, 0.2) is 0 Å². The summed E-state index contributed by atoms with van der Waals surface area (Å²) in [5.74, 6) is 2.30. The predicted octanol–water partition coefficient (Wildman–Crippen LogP) is 3.12. The Kier molecular flexibility index (Phi) is 8.79. The minimum absolute atomic E-state index is 0.387. The van der Waals surface area contributed by atoms with Crippen molar-refractivity contribution >= 4 is 11.6 Å². The SMILES string of the molecule is COCC(C)NC1CCC(Nc2cc(-c3cc(NCC4CCOCC4)ncn3)ncn2)CC1. The van der Waals surface area contributed by atoms with Gasteiger partial charge in [0.2, 0.25) is 0 Å². The lowest BCUT2D eigenvalue weighted by molar-refractivity contribution is 0.0699. The van der Waals surface area contributed by atoms with E-state index >= 15 is 0 Å². The third-order valence-electron chi connectivity index (χ3n) is 6.53. The number of anilines is 2. The molecule has 1 aliphatic carbocycles. The molecular formula is C24H37N7O2. The van der Waals surface area contributed by atoms with Crippen LogP contribution in [-0.4, -0.2) is 71.5 Å².